The number of ketones is 1. The Kier molecular flexibility index (Phi) is 5.94. The summed E-state index contributed by atoms with van der Waals surface area (Å²) in [7, 11) is 0. The Morgan fingerprint density at radius 3 is 2.30 bits per heavy atom. The van der Waals surface area contributed by atoms with Crippen LogP contribution < -0.4 is 5.32 Å². The molecule has 0 radical (unpaired) electrons. The van der Waals surface area contributed by atoms with Gasteiger partial charge in [-0.1, -0.05) is 20.8 Å². The first-order valence-corrected chi connectivity index (χ1v) is 9.51. The second-order valence-corrected chi connectivity index (χ2v) is 8.91. The van der Waals surface area contributed by atoms with Gasteiger partial charge in [0.05, 0.1) is 5.56 Å². The Morgan fingerprint density at radius 2 is 1.78 bits per heavy atom. The van der Waals surface area contributed by atoms with Gasteiger partial charge in [-0.15, -0.1) is 11.3 Å². The van der Waals surface area contributed by atoms with Gasteiger partial charge in [0.2, 0.25) is 11.7 Å². The lowest BCUT2D eigenvalue weighted by atomic mass is 9.96. The van der Waals surface area contributed by atoms with E-state index < -0.39 is 11.4 Å². The second-order valence-electron chi connectivity index (χ2n) is 7.68. The number of H-pyrrole nitrogens is 1. The van der Waals surface area contributed by atoms with Gasteiger partial charge in [0.1, 0.15) is 5.00 Å². The summed E-state index contributed by atoms with van der Waals surface area (Å²) in [5.74, 6) is -1.07. The number of aromatic nitrogens is 1. The molecule has 2 aromatic heterocycles. The Balaban J connectivity index is 2.17. The predicted octanol–water partition coefficient (Wildman–Crippen LogP) is 4.33. The predicted molar refractivity (Wildman–Crippen MR) is 107 cm³/mol. The van der Waals surface area contributed by atoms with Crippen molar-refractivity contribution >= 4 is 34.0 Å². The standard InChI is InChI=1S/C20H26N2O4S/c1-10-8-14(12(3)21-10)15(23)9-26-18(24)16-11(2)13(4)27-17(16)22-19(25)20(5,6)7/h8,21H,9H2,1-7H3,(H,22,25). The molecule has 0 atom stereocenters. The fourth-order valence-electron chi connectivity index (χ4n) is 2.55. The summed E-state index contributed by atoms with van der Waals surface area (Å²) in [4.78, 5) is 41.2. The van der Waals surface area contributed by atoms with Crippen LogP contribution in [-0.4, -0.2) is 29.3 Å². The molecule has 7 heteroatoms. The van der Waals surface area contributed by atoms with Gasteiger partial charge in [-0.05, 0) is 39.3 Å². The van der Waals surface area contributed by atoms with Crippen LogP contribution in [0.4, 0.5) is 5.00 Å². The third-order valence-corrected chi connectivity index (χ3v) is 5.40. The molecule has 1 amide bonds. The number of carbonyl (C=O) groups excluding carboxylic acids is 3. The number of thiophene rings is 1. The quantitative estimate of drug-likeness (QED) is 0.587. The maximum Gasteiger partial charge on any atom is 0.341 e. The number of rotatable bonds is 5. The highest BCUT2D eigenvalue weighted by atomic mass is 32.1. The van der Waals surface area contributed by atoms with E-state index in [1.54, 1.807) is 40.7 Å². The molecule has 0 saturated carbocycles. The van der Waals surface area contributed by atoms with Gasteiger partial charge in [0.15, 0.2) is 6.61 Å². The molecule has 2 aromatic rings. The van der Waals surface area contributed by atoms with Crippen molar-refractivity contribution in [3.05, 3.63) is 39.0 Å². The maximum absolute atomic E-state index is 12.6. The molecule has 0 saturated heterocycles. The number of nitrogens with one attached hydrogen (secondary N) is 2. The van der Waals surface area contributed by atoms with E-state index in [4.69, 9.17) is 4.74 Å². The van der Waals surface area contributed by atoms with Gasteiger partial charge in [-0.3, -0.25) is 9.59 Å². The summed E-state index contributed by atoms with van der Waals surface area (Å²) in [6.07, 6.45) is 0. The van der Waals surface area contributed by atoms with E-state index >= 15 is 0 Å². The number of aryl methyl sites for hydroxylation is 3. The number of ether oxygens (including phenoxy) is 1. The van der Waals surface area contributed by atoms with E-state index in [2.05, 4.69) is 10.3 Å². The average Bonchev–Trinajstić information content (AvgIpc) is 3.03. The Labute approximate surface area is 163 Å². The number of hydrogen-bond donors (Lipinski definition) is 2. The SMILES string of the molecule is Cc1cc(C(=O)COC(=O)c2c(NC(=O)C(C)(C)C)sc(C)c2C)c(C)[nH]1. The van der Waals surface area contributed by atoms with Crippen LogP contribution in [0.3, 0.4) is 0 Å². The van der Waals surface area contributed by atoms with Gasteiger partial charge >= 0.3 is 5.97 Å². The number of anilines is 1. The van der Waals surface area contributed by atoms with Crippen LogP contribution in [0.5, 0.6) is 0 Å². The molecule has 0 unspecified atom stereocenters. The molecule has 0 fully saturated rings. The molecule has 0 spiro atoms. The third-order valence-electron chi connectivity index (χ3n) is 4.28. The molecular formula is C20H26N2O4S. The minimum atomic E-state index is -0.612. The van der Waals surface area contributed by atoms with Crippen LogP contribution in [0.2, 0.25) is 0 Å². The van der Waals surface area contributed by atoms with Crippen LogP contribution in [0.1, 0.15) is 63.3 Å². The minimum absolute atomic E-state index is 0.188. The lowest BCUT2D eigenvalue weighted by Gasteiger charge is -2.17. The first kappa shape index (κ1) is 20.9. The summed E-state index contributed by atoms with van der Waals surface area (Å²) in [5, 5.41) is 3.27. The molecule has 6 nitrogen and oxygen atoms in total. The van der Waals surface area contributed by atoms with E-state index in [-0.39, 0.29) is 18.3 Å². The van der Waals surface area contributed by atoms with E-state index in [1.807, 2.05) is 13.8 Å². The highest BCUT2D eigenvalue weighted by molar-refractivity contribution is 7.16. The largest absolute Gasteiger partial charge is 0.454 e. The summed E-state index contributed by atoms with van der Waals surface area (Å²) in [6, 6.07) is 1.74. The van der Waals surface area contributed by atoms with Crippen molar-refractivity contribution in [2.24, 2.45) is 5.41 Å². The Morgan fingerprint density at radius 1 is 1.15 bits per heavy atom. The Bertz CT molecular complexity index is 900. The normalized spacial score (nSPS) is 11.4. The summed E-state index contributed by atoms with van der Waals surface area (Å²) >= 11 is 1.33. The first-order valence-electron chi connectivity index (χ1n) is 8.69. The number of hydrogen-bond acceptors (Lipinski definition) is 5. The van der Waals surface area contributed by atoms with Gasteiger partial charge in [-0.2, -0.15) is 0 Å². The topological polar surface area (TPSA) is 88.3 Å². The van der Waals surface area contributed by atoms with Crippen LogP contribution in [0.15, 0.2) is 6.07 Å². The van der Waals surface area contributed by atoms with E-state index in [0.29, 0.717) is 16.1 Å². The summed E-state index contributed by atoms with van der Waals surface area (Å²) in [5.41, 5.74) is 2.60. The number of aromatic amines is 1. The average molecular weight is 391 g/mol. The molecule has 2 heterocycles. The van der Waals surface area contributed by atoms with Crippen molar-refractivity contribution in [3.8, 4) is 0 Å². The van der Waals surface area contributed by atoms with Crippen LogP contribution in [-0.2, 0) is 9.53 Å². The molecule has 146 valence electrons. The molecule has 0 aliphatic rings. The number of esters is 1. The maximum atomic E-state index is 12.6. The lowest BCUT2D eigenvalue weighted by molar-refractivity contribution is -0.123. The van der Waals surface area contributed by atoms with Crippen LogP contribution >= 0.6 is 11.3 Å². The van der Waals surface area contributed by atoms with Crippen molar-refractivity contribution in [2.45, 2.75) is 48.5 Å². The highest BCUT2D eigenvalue weighted by Gasteiger charge is 2.27. The van der Waals surface area contributed by atoms with Gasteiger partial charge in [0, 0.05) is 27.2 Å². The first-order chi connectivity index (χ1) is 12.4. The summed E-state index contributed by atoms with van der Waals surface area (Å²) in [6.45, 7) is 12.4. The zero-order valence-electron chi connectivity index (χ0n) is 16.8. The molecule has 0 aliphatic heterocycles. The minimum Gasteiger partial charge on any atom is -0.454 e. The molecule has 0 aliphatic carbocycles. The number of carbonyl (C=O) groups is 3. The Hall–Kier alpha value is -2.41. The van der Waals surface area contributed by atoms with Crippen molar-refractivity contribution in [1.29, 1.82) is 0 Å². The smallest absolute Gasteiger partial charge is 0.341 e. The zero-order chi connectivity index (χ0) is 20.5. The number of Topliss-reactive ketones (excluding diaryl/α,β-unsaturated/α-hetero) is 1. The molecule has 2 N–H and O–H groups in total. The van der Waals surface area contributed by atoms with Crippen molar-refractivity contribution in [1.82, 2.24) is 4.98 Å². The second kappa shape index (κ2) is 7.68. The van der Waals surface area contributed by atoms with Gasteiger partial charge < -0.3 is 15.0 Å². The monoisotopic (exact) mass is 390 g/mol. The van der Waals surface area contributed by atoms with Crippen molar-refractivity contribution in [3.63, 3.8) is 0 Å². The van der Waals surface area contributed by atoms with Gasteiger partial charge in [-0.25, -0.2) is 4.79 Å². The van der Waals surface area contributed by atoms with Gasteiger partial charge in [0.25, 0.3) is 0 Å². The highest BCUT2D eigenvalue weighted by Crippen LogP contribution is 2.34. The lowest BCUT2D eigenvalue weighted by Crippen LogP contribution is -2.28. The van der Waals surface area contributed by atoms with E-state index in [1.165, 1.54) is 11.3 Å². The molecular weight excluding hydrogens is 364 g/mol. The molecule has 0 aromatic carbocycles. The molecule has 27 heavy (non-hydrogen) atoms. The number of amides is 1. The fourth-order valence-corrected chi connectivity index (χ4v) is 3.59. The van der Waals surface area contributed by atoms with Crippen molar-refractivity contribution in [2.75, 3.05) is 11.9 Å². The van der Waals surface area contributed by atoms with E-state index in [9.17, 15) is 14.4 Å². The molecule has 2 rings (SSSR count). The van der Waals surface area contributed by atoms with Crippen molar-refractivity contribution < 1.29 is 19.1 Å². The fraction of sp³-hybridized carbons (Fsp3) is 0.450. The van der Waals surface area contributed by atoms with Crippen LogP contribution in [0, 0.1) is 33.1 Å². The van der Waals surface area contributed by atoms with Crippen LogP contribution in [0.25, 0.3) is 0 Å². The van der Waals surface area contributed by atoms with E-state index in [0.717, 1.165) is 21.8 Å². The summed E-state index contributed by atoms with van der Waals surface area (Å²) < 4.78 is 5.26. The third kappa shape index (κ3) is 4.66. The molecule has 0 bridgehead atoms. The zero-order valence-corrected chi connectivity index (χ0v) is 17.6.